The van der Waals surface area contributed by atoms with Crippen LogP contribution in [0.15, 0.2) is 0 Å². The summed E-state index contributed by atoms with van der Waals surface area (Å²) in [6, 6.07) is 0. The summed E-state index contributed by atoms with van der Waals surface area (Å²) in [4.78, 5) is 26.2. The Kier molecular flexibility index (Phi) is 27.3. The van der Waals surface area contributed by atoms with Gasteiger partial charge in [0.25, 0.3) is 0 Å². The molecule has 0 heterocycles. The van der Waals surface area contributed by atoms with Crippen LogP contribution in [0.25, 0.3) is 0 Å². The maximum atomic E-state index is 13.1. The average Bonchev–Trinajstić information content (AvgIpc) is 2.88. The van der Waals surface area contributed by atoms with Crippen molar-refractivity contribution in [2.45, 2.75) is 180 Å². The Morgan fingerprint density at radius 2 is 0.925 bits per heavy atom. The van der Waals surface area contributed by atoms with Crippen LogP contribution in [0, 0.1) is 5.92 Å². The third-order valence-electron chi connectivity index (χ3n) is 8.05. The predicted molar refractivity (Wildman–Crippen MR) is 176 cm³/mol. The van der Waals surface area contributed by atoms with Gasteiger partial charge >= 0.3 is 0 Å². The van der Waals surface area contributed by atoms with Gasteiger partial charge in [-0.05, 0) is 24.2 Å². The van der Waals surface area contributed by atoms with E-state index in [0.29, 0.717) is 32.5 Å². The van der Waals surface area contributed by atoms with Crippen molar-refractivity contribution in [3.8, 4) is 0 Å². The zero-order valence-electron chi connectivity index (χ0n) is 27.7. The number of carbonyl (C=O) groups excluding carboxylic acids is 2. The fraction of sp³-hybridized carbons (Fsp3) is 0.943. The molecule has 0 spiro atoms. The summed E-state index contributed by atoms with van der Waals surface area (Å²) in [5, 5.41) is 10.5. The number of aliphatic hydroxyl groups is 1. The van der Waals surface area contributed by atoms with E-state index in [1.165, 1.54) is 122 Å². The molecular weight excluding hydrogens is 513 g/mol. The second-order valence-corrected chi connectivity index (χ2v) is 14.7. The minimum Gasteiger partial charge on any atom is -0.426 e. The minimum atomic E-state index is -0.702. The number of unbranched alkanes of at least 4 members (excludes halogenated alkanes) is 21. The molecule has 0 aliphatic carbocycles. The quantitative estimate of drug-likeness (QED) is 0.0382. The van der Waals surface area contributed by atoms with Crippen molar-refractivity contribution in [1.29, 1.82) is 0 Å². The number of ketones is 1. The van der Waals surface area contributed by atoms with Crippen molar-refractivity contribution in [1.82, 2.24) is 0 Å². The smallest absolute Gasteiger partial charge is 0.140 e. The van der Waals surface area contributed by atoms with Crippen LogP contribution in [0.3, 0.4) is 0 Å². The summed E-state index contributed by atoms with van der Waals surface area (Å²) in [5.41, 5.74) is -0.0587. The molecule has 0 aromatic rings. The number of hydrogen-bond donors (Lipinski definition) is 1. The van der Waals surface area contributed by atoms with E-state index in [9.17, 15) is 14.7 Å². The van der Waals surface area contributed by atoms with E-state index >= 15 is 0 Å². The monoisotopic (exact) mass is 584 g/mol. The lowest BCUT2D eigenvalue weighted by atomic mass is 9.93. The van der Waals surface area contributed by atoms with E-state index in [-0.39, 0.29) is 11.3 Å². The summed E-state index contributed by atoms with van der Waals surface area (Å²) < 4.78 is 0.609. The maximum absolute atomic E-state index is 13.1. The van der Waals surface area contributed by atoms with Crippen LogP contribution < -0.4 is 0 Å². The second kappa shape index (κ2) is 27.5. The van der Waals surface area contributed by atoms with Crippen molar-refractivity contribution in [2.24, 2.45) is 5.92 Å². The highest BCUT2D eigenvalue weighted by Crippen LogP contribution is 2.29. The number of Topliss-reactive ketones (excluding diaryl/α,β-unsaturated/α-hetero) is 1. The van der Waals surface area contributed by atoms with Gasteiger partial charge in [-0.1, -0.05) is 155 Å². The number of hydrogen-bond acceptors (Lipinski definition) is 3. The zero-order chi connectivity index (χ0) is 29.9. The van der Waals surface area contributed by atoms with Gasteiger partial charge in [-0.2, -0.15) is 0 Å². The molecule has 0 aromatic carbocycles. The zero-order valence-corrected chi connectivity index (χ0v) is 28.6. The Bertz CT molecular complexity index is 590. The van der Waals surface area contributed by atoms with Crippen molar-refractivity contribution in [2.75, 3.05) is 27.7 Å². The molecule has 0 fully saturated rings. The first-order valence-electron chi connectivity index (χ1n) is 17.5. The Morgan fingerprint density at radius 3 is 1.30 bits per heavy atom. The molecule has 0 amide bonds. The molecule has 0 aromatic heterocycles. The van der Waals surface area contributed by atoms with Crippen molar-refractivity contribution >= 4 is 19.9 Å². The van der Waals surface area contributed by atoms with Gasteiger partial charge < -0.3 is 23.0 Å². The maximum Gasteiger partial charge on any atom is 0.140 e. The summed E-state index contributed by atoms with van der Waals surface area (Å²) in [6.07, 6.45) is 30.4. The Morgan fingerprint density at radius 1 is 0.575 bits per heavy atom. The number of carbonyl (C=O) groups is 2. The molecule has 0 saturated carbocycles. The molecular formula is C35H70NO3P. The lowest BCUT2D eigenvalue weighted by Gasteiger charge is -2.34. The molecule has 4 nitrogen and oxygen atoms in total. The first-order valence-corrected chi connectivity index (χ1v) is 18.4. The van der Waals surface area contributed by atoms with Gasteiger partial charge in [0.15, 0.2) is 0 Å². The van der Waals surface area contributed by atoms with Crippen LogP contribution in [0.5, 0.6) is 0 Å². The summed E-state index contributed by atoms with van der Waals surface area (Å²) in [7, 11) is 6.46. The standard InChI is InChI=1S/C35H70NO3P/c1-6-8-10-12-14-16-18-19-20-22-24-26-28-30-33(37)32(35(39)40-34(38)31-36(3,4)5)29-27-25-23-21-17-15-13-11-9-7-2/h32,34,38H,6-31H2,1-5H3. The van der Waals surface area contributed by atoms with Crippen LogP contribution in [0.4, 0.5) is 0 Å². The number of aliphatic hydroxyl groups excluding tert-OH is 1. The fourth-order valence-corrected chi connectivity index (χ4v) is 6.84. The molecule has 0 aliphatic rings. The third-order valence-corrected chi connectivity index (χ3v) is 9.07. The number of quaternary nitrogens is 1. The van der Waals surface area contributed by atoms with Gasteiger partial charge in [0, 0.05) is 12.3 Å². The van der Waals surface area contributed by atoms with Crippen molar-refractivity contribution < 1.29 is 19.2 Å². The fourth-order valence-electron chi connectivity index (χ4n) is 5.52. The first-order chi connectivity index (χ1) is 19.2. The Labute approximate surface area is 252 Å². The van der Waals surface area contributed by atoms with E-state index in [2.05, 4.69) is 13.8 Å². The largest absolute Gasteiger partial charge is 0.426 e. The average molecular weight is 584 g/mol. The minimum absolute atomic E-state index is 0.0587. The number of nitrogens with zero attached hydrogens (tertiary/aromatic N) is 1. The molecule has 0 radical (unpaired) electrons. The van der Waals surface area contributed by atoms with E-state index in [0.717, 1.165) is 25.7 Å². The van der Waals surface area contributed by atoms with Crippen LogP contribution in [-0.4, -0.2) is 54.4 Å². The van der Waals surface area contributed by atoms with Crippen LogP contribution in [0.1, 0.15) is 174 Å². The first kappa shape index (κ1) is 39.7. The SMILES string of the molecule is CCCCCCCCCCCCCCCC(=O)C(CCCCCCCCCCCC)C(=O)[P-]C(O)C[N+](C)(C)C. The Balaban J connectivity index is 4.29. The molecule has 1 N–H and O–H groups in total. The van der Waals surface area contributed by atoms with Gasteiger partial charge in [-0.15, -0.1) is 0 Å². The van der Waals surface area contributed by atoms with E-state index in [1.807, 2.05) is 21.1 Å². The highest BCUT2D eigenvalue weighted by molar-refractivity contribution is 7.58. The van der Waals surface area contributed by atoms with E-state index in [1.54, 1.807) is 0 Å². The van der Waals surface area contributed by atoms with Crippen LogP contribution >= 0.6 is 8.58 Å². The van der Waals surface area contributed by atoms with Crippen molar-refractivity contribution in [3.05, 3.63) is 0 Å². The lowest BCUT2D eigenvalue weighted by molar-refractivity contribution is -0.871. The molecule has 238 valence electrons. The molecule has 0 bridgehead atoms. The van der Waals surface area contributed by atoms with E-state index < -0.39 is 11.8 Å². The van der Waals surface area contributed by atoms with E-state index in [4.69, 9.17) is 0 Å². The molecule has 2 atom stereocenters. The molecule has 2 unspecified atom stereocenters. The highest BCUT2D eigenvalue weighted by atomic mass is 31.1. The molecule has 0 aliphatic heterocycles. The normalized spacial score (nSPS) is 13.8. The third kappa shape index (κ3) is 26.6. The summed E-state index contributed by atoms with van der Waals surface area (Å²) in [5.74, 6) is -1.10. The number of rotatable bonds is 31. The Hall–Kier alpha value is -0.310. The van der Waals surface area contributed by atoms with Gasteiger partial charge in [-0.25, -0.2) is 0 Å². The highest BCUT2D eigenvalue weighted by Gasteiger charge is 2.21. The van der Waals surface area contributed by atoms with Crippen LogP contribution in [0.2, 0.25) is 0 Å². The van der Waals surface area contributed by atoms with Gasteiger partial charge in [0.1, 0.15) is 5.78 Å². The van der Waals surface area contributed by atoms with Gasteiger partial charge in [0.2, 0.25) is 0 Å². The predicted octanol–water partition coefficient (Wildman–Crippen LogP) is 10.5. The number of likely N-dealkylation sites (N-methyl/N-ethyl adjacent to an activating group) is 1. The van der Waals surface area contributed by atoms with Gasteiger partial charge in [0.05, 0.1) is 27.7 Å². The van der Waals surface area contributed by atoms with Gasteiger partial charge in [-0.3, -0.25) is 4.79 Å². The molecule has 0 saturated heterocycles. The lowest BCUT2D eigenvalue weighted by Crippen LogP contribution is -2.40. The van der Waals surface area contributed by atoms with Crippen molar-refractivity contribution in [3.63, 3.8) is 0 Å². The topological polar surface area (TPSA) is 54.4 Å². The second-order valence-electron chi connectivity index (χ2n) is 13.4. The van der Waals surface area contributed by atoms with Crippen LogP contribution in [-0.2, 0) is 9.59 Å². The molecule has 0 rings (SSSR count). The summed E-state index contributed by atoms with van der Waals surface area (Å²) in [6.45, 7) is 5.05. The molecule has 40 heavy (non-hydrogen) atoms. The summed E-state index contributed by atoms with van der Waals surface area (Å²) >= 11 is 0. The molecule has 5 heteroatoms.